The van der Waals surface area contributed by atoms with Crippen molar-refractivity contribution in [3.8, 4) is 6.01 Å². The van der Waals surface area contributed by atoms with E-state index in [4.69, 9.17) is 21.1 Å². The summed E-state index contributed by atoms with van der Waals surface area (Å²) in [6.45, 7) is 5.84. The highest BCUT2D eigenvalue weighted by molar-refractivity contribution is 6.32. The summed E-state index contributed by atoms with van der Waals surface area (Å²) in [4.78, 5) is 10.3. The summed E-state index contributed by atoms with van der Waals surface area (Å²) in [6, 6.07) is 0.324. The maximum atomic E-state index is 6.11. The van der Waals surface area contributed by atoms with Crippen molar-refractivity contribution in [2.24, 2.45) is 0 Å². The quantitative estimate of drug-likeness (QED) is 0.765. The largest absolute Gasteiger partial charge is 0.467 e. The zero-order chi connectivity index (χ0) is 13.0. The summed E-state index contributed by atoms with van der Waals surface area (Å²) < 4.78 is 10.6. The number of aromatic nitrogens is 2. The van der Waals surface area contributed by atoms with Crippen LogP contribution in [0.5, 0.6) is 6.01 Å². The molecule has 18 heavy (non-hydrogen) atoms. The van der Waals surface area contributed by atoms with Crippen LogP contribution >= 0.6 is 11.6 Å². The van der Waals surface area contributed by atoms with Gasteiger partial charge in [-0.15, -0.1) is 6.58 Å². The molecule has 2 rings (SSSR count). The first-order valence-electron chi connectivity index (χ1n) is 5.78. The van der Waals surface area contributed by atoms with Gasteiger partial charge in [-0.05, 0) is 6.42 Å². The van der Waals surface area contributed by atoms with Crippen molar-refractivity contribution >= 4 is 17.4 Å². The second-order valence-electron chi connectivity index (χ2n) is 4.01. The van der Waals surface area contributed by atoms with Crippen molar-refractivity contribution in [3.63, 3.8) is 0 Å². The van der Waals surface area contributed by atoms with E-state index < -0.39 is 0 Å². The molecule has 98 valence electrons. The first-order valence-corrected chi connectivity index (χ1v) is 6.16. The van der Waals surface area contributed by atoms with Crippen molar-refractivity contribution in [2.75, 3.05) is 31.7 Å². The highest BCUT2D eigenvalue weighted by atomic mass is 35.5. The smallest absolute Gasteiger partial charge is 0.318 e. The SMILES string of the molecule is C=CCOC1CCN(c2nc(OC)ncc2Cl)C1. The predicted molar refractivity (Wildman–Crippen MR) is 70.4 cm³/mol. The molecule has 1 aliphatic heterocycles. The fourth-order valence-electron chi connectivity index (χ4n) is 1.92. The third-order valence-corrected chi connectivity index (χ3v) is 3.05. The molecule has 5 nitrogen and oxygen atoms in total. The van der Waals surface area contributed by atoms with Crippen molar-refractivity contribution in [3.05, 3.63) is 23.9 Å². The average molecular weight is 270 g/mol. The van der Waals surface area contributed by atoms with Crippen LogP contribution in [-0.4, -0.2) is 42.9 Å². The number of nitrogens with zero attached hydrogens (tertiary/aromatic N) is 3. The fraction of sp³-hybridized carbons (Fsp3) is 0.500. The summed E-state index contributed by atoms with van der Waals surface area (Å²) in [6.07, 6.45) is 4.46. The van der Waals surface area contributed by atoms with E-state index in [1.807, 2.05) is 0 Å². The summed E-state index contributed by atoms with van der Waals surface area (Å²) in [5.41, 5.74) is 0. The van der Waals surface area contributed by atoms with Gasteiger partial charge in [0.05, 0.1) is 26.0 Å². The molecule has 0 radical (unpaired) electrons. The molecule has 1 aliphatic rings. The van der Waals surface area contributed by atoms with Crippen molar-refractivity contribution in [2.45, 2.75) is 12.5 Å². The van der Waals surface area contributed by atoms with E-state index in [-0.39, 0.29) is 6.10 Å². The zero-order valence-corrected chi connectivity index (χ0v) is 11.1. The minimum Gasteiger partial charge on any atom is -0.467 e. The molecular formula is C12H16ClN3O2. The monoisotopic (exact) mass is 269 g/mol. The summed E-state index contributed by atoms with van der Waals surface area (Å²) in [5.74, 6) is 0.702. The number of hydrogen-bond donors (Lipinski definition) is 0. The Labute approximate surface area is 111 Å². The summed E-state index contributed by atoms with van der Waals surface area (Å²) in [5, 5.41) is 0.528. The van der Waals surface area contributed by atoms with Crippen LogP contribution in [0.25, 0.3) is 0 Å². The average Bonchev–Trinajstić information content (AvgIpc) is 2.85. The molecule has 0 bridgehead atoms. The van der Waals surface area contributed by atoms with Gasteiger partial charge in [0.2, 0.25) is 0 Å². The van der Waals surface area contributed by atoms with Crippen LogP contribution in [-0.2, 0) is 4.74 Å². The van der Waals surface area contributed by atoms with E-state index >= 15 is 0 Å². The molecule has 1 aromatic rings. The molecule has 1 aromatic heterocycles. The molecule has 1 saturated heterocycles. The summed E-state index contributed by atoms with van der Waals surface area (Å²) in [7, 11) is 1.53. The first-order chi connectivity index (χ1) is 8.74. The van der Waals surface area contributed by atoms with Gasteiger partial charge in [-0.3, -0.25) is 0 Å². The molecule has 0 amide bonds. The Hall–Kier alpha value is -1.33. The highest BCUT2D eigenvalue weighted by Gasteiger charge is 2.25. The van der Waals surface area contributed by atoms with E-state index in [0.29, 0.717) is 23.5 Å². The maximum Gasteiger partial charge on any atom is 0.318 e. The van der Waals surface area contributed by atoms with Crippen molar-refractivity contribution < 1.29 is 9.47 Å². The van der Waals surface area contributed by atoms with Crippen LogP contribution in [0.3, 0.4) is 0 Å². The van der Waals surface area contributed by atoms with Gasteiger partial charge < -0.3 is 14.4 Å². The Morgan fingerprint density at radius 3 is 3.22 bits per heavy atom. The van der Waals surface area contributed by atoms with Crippen LogP contribution in [0.1, 0.15) is 6.42 Å². The molecule has 6 heteroatoms. The van der Waals surface area contributed by atoms with E-state index in [2.05, 4.69) is 21.4 Å². The fourth-order valence-corrected chi connectivity index (χ4v) is 2.13. The predicted octanol–water partition coefficient (Wildman–Crippen LogP) is 1.92. The third kappa shape index (κ3) is 2.91. The van der Waals surface area contributed by atoms with Crippen molar-refractivity contribution in [1.29, 1.82) is 0 Å². The van der Waals surface area contributed by atoms with E-state index in [1.54, 1.807) is 12.3 Å². The molecule has 0 N–H and O–H groups in total. The van der Waals surface area contributed by atoms with Gasteiger partial charge in [0, 0.05) is 13.1 Å². The number of methoxy groups -OCH3 is 1. The molecule has 1 fully saturated rings. The number of rotatable bonds is 5. The van der Waals surface area contributed by atoms with E-state index in [9.17, 15) is 0 Å². The summed E-state index contributed by atoms with van der Waals surface area (Å²) >= 11 is 6.11. The molecule has 1 unspecified atom stereocenters. The molecule has 0 aromatic carbocycles. The second kappa shape index (κ2) is 6.02. The number of halogens is 1. The highest BCUT2D eigenvalue weighted by Crippen LogP contribution is 2.28. The minimum absolute atomic E-state index is 0.194. The van der Waals surface area contributed by atoms with Gasteiger partial charge >= 0.3 is 6.01 Å². The van der Waals surface area contributed by atoms with Gasteiger partial charge in [0.15, 0.2) is 5.82 Å². The zero-order valence-electron chi connectivity index (χ0n) is 10.3. The molecule has 1 atom stereocenters. The van der Waals surface area contributed by atoms with Gasteiger partial charge in [-0.1, -0.05) is 17.7 Å². The number of ether oxygens (including phenoxy) is 2. The number of hydrogen-bond acceptors (Lipinski definition) is 5. The lowest BCUT2D eigenvalue weighted by atomic mass is 10.3. The normalized spacial score (nSPS) is 19.0. The topological polar surface area (TPSA) is 47.5 Å². The minimum atomic E-state index is 0.194. The van der Waals surface area contributed by atoms with Gasteiger partial charge in [-0.2, -0.15) is 4.98 Å². The first kappa shape index (κ1) is 13.1. The van der Waals surface area contributed by atoms with Gasteiger partial charge in [0.25, 0.3) is 0 Å². The lowest BCUT2D eigenvalue weighted by Gasteiger charge is -2.18. The lowest BCUT2D eigenvalue weighted by molar-refractivity contribution is 0.0909. The van der Waals surface area contributed by atoms with Crippen LogP contribution in [0.2, 0.25) is 5.02 Å². The van der Waals surface area contributed by atoms with Gasteiger partial charge in [0.1, 0.15) is 5.02 Å². The molecule has 0 aliphatic carbocycles. The van der Waals surface area contributed by atoms with E-state index in [0.717, 1.165) is 19.5 Å². The third-order valence-electron chi connectivity index (χ3n) is 2.78. The molecular weight excluding hydrogens is 254 g/mol. The Kier molecular flexibility index (Phi) is 4.38. The van der Waals surface area contributed by atoms with Gasteiger partial charge in [-0.25, -0.2) is 4.98 Å². The van der Waals surface area contributed by atoms with Crippen LogP contribution < -0.4 is 9.64 Å². The lowest BCUT2D eigenvalue weighted by Crippen LogP contribution is -2.24. The van der Waals surface area contributed by atoms with Crippen LogP contribution in [0, 0.1) is 0 Å². The van der Waals surface area contributed by atoms with E-state index in [1.165, 1.54) is 7.11 Å². The second-order valence-corrected chi connectivity index (χ2v) is 4.41. The Bertz CT molecular complexity index is 428. The Morgan fingerprint density at radius 1 is 1.67 bits per heavy atom. The molecule has 0 spiro atoms. The van der Waals surface area contributed by atoms with Crippen LogP contribution in [0.15, 0.2) is 18.9 Å². The number of anilines is 1. The maximum absolute atomic E-state index is 6.11. The standard InChI is InChI=1S/C12H16ClN3O2/c1-3-6-18-9-4-5-16(8-9)11-10(13)7-14-12(15-11)17-2/h3,7,9H,1,4-6,8H2,2H3. The molecule has 2 heterocycles. The Balaban J connectivity index is 2.06. The van der Waals surface area contributed by atoms with Crippen molar-refractivity contribution in [1.82, 2.24) is 9.97 Å². The molecule has 0 saturated carbocycles. The Morgan fingerprint density at radius 2 is 2.50 bits per heavy atom. The van der Waals surface area contributed by atoms with Crippen LogP contribution in [0.4, 0.5) is 5.82 Å².